The zero-order valence-corrected chi connectivity index (χ0v) is 9.70. The van der Waals surface area contributed by atoms with Crippen LogP contribution < -0.4 is 5.32 Å². The minimum absolute atomic E-state index is 0.350. The molecule has 16 heavy (non-hydrogen) atoms. The van der Waals surface area contributed by atoms with Gasteiger partial charge in [-0.05, 0) is 25.5 Å². The summed E-state index contributed by atoms with van der Waals surface area (Å²) in [5.41, 5.74) is 3.73. The highest BCUT2D eigenvalue weighted by molar-refractivity contribution is 5.24. The average molecular weight is 215 g/mol. The Morgan fingerprint density at radius 1 is 1.38 bits per heavy atom. The summed E-state index contributed by atoms with van der Waals surface area (Å²) in [4.78, 5) is 0. The van der Waals surface area contributed by atoms with Gasteiger partial charge in [0.2, 0.25) is 0 Å². The molecule has 2 rings (SSSR count). The smallest absolute Gasteiger partial charge is 0.0490 e. The van der Waals surface area contributed by atoms with Gasteiger partial charge in [-0.25, -0.2) is 0 Å². The van der Waals surface area contributed by atoms with Crippen molar-refractivity contribution in [2.24, 2.45) is 0 Å². The van der Waals surface area contributed by atoms with Crippen molar-refractivity contribution in [1.82, 2.24) is 15.5 Å². The third-order valence-corrected chi connectivity index (χ3v) is 2.70. The fourth-order valence-electron chi connectivity index (χ4n) is 1.70. The minimum atomic E-state index is 0.350. The molecule has 0 aliphatic heterocycles. The van der Waals surface area contributed by atoms with Crippen molar-refractivity contribution in [3.8, 4) is 0 Å². The van der Waals surface area contributed by atoms with Crippen molar-refractivity contribution in [3.63, 3.8) is 0 Å². The van der Waals surface area contributed by atoms with Gasteiger partial charge in [0.1, 0.15) is 0 Å². The first-order valence-corrected chi connectivity index (χ1v) is 5.54. The molecule has 0 spiro atoms. The molecule has 1 aromatic heterocycles. The summed E-state index contributed by atoms with van der Waals surface area (Å²) in [6.45, 7) is 5.10. The molecule has 2 N–H and O–H groups in total. The molecule has 0 amide bonds. The van der Waals surface area contributed by atoms with E-state index in [2.05, 4.69) is 53.6 Å². The van der Waals surface area contributed by atoms with Crippen LogP contribution in [0.25, 0.3) is 0 Å². The molecular weight excluding hydrogens is 198 g/mol. The number of nitrogens with one attached hydrogen (secondary N) is 2. The quantitative estimate of drug-likeness (QED) is 0.823. The summed E-state index contributed by atoms with van der Waals surface area (Å²) in [6, 6.07) is 10.9. The lowest BCUT2D eigenvalue weighted by Crippen LogP contribution is -2.18. The lowest BCUT2D eigenvalue weighted by molar-refractivity contribution is 0.567. The number of hydrogen-bond donors (Lipinski definition) is 2. The first-order chi connectivity index (χ1) is 7.75. The maximum Gasteiger partial charge on any atom is 0.0490 e. The van der Waals surface area contributed by atoms with Gasteiger partial charge < -0.3 is 5.32 Å². The number of aromatic nitrogens is 2. The molecule has 1 aromatic carbocycles. The topological polar surface area (TPSA) is 40.7 Å². The van der Waals surface area contributed by atoms with Crippen molar-refractivity contribution >= 4 is 0 Å². The third kappa shape index (κ3) is 2.70. The second-order valence-electron chi connectivity index (χ2n) is 4.10. The van der Waals surface area contributed by atoms with Gasteiger partial charge in [-0.2, -0.15) is 5.10 Å². The van der Waals surface area contributed by atoms with E-state index in [0.29, 0.717) is 6.04 Å². The lowest BCUT2D eigenvalue weighted by atomic mass is 10.1. The van der Waals surface area contributed by atoms with Crippen LogP contribution in [0.3, 0.4) is 0 Å². The molecule has 3 nitrogen and oxygen atoms in total. The summed E-state index contributed by atoms with van der Waals surface area (Å²) in [6.07, 6.45) is 1.77. The number of H-pyrrole nitrogens is 1. The minimum Gasteiger partial charge on any atom is -0.305 e. The molecule has 1 atom stereocenters. The van der Waals surface area contributed by atoms with Crippen LogP contribution in [-0.2, 0) is 6.54 Å². The van der Waals surface area contributed by atoms with E-state index >= 15 is 0 Å². The van der Waals surface area contributed by atoms with E-state index in [-0.39, 0.29) is 0 Å². The van der Waals surface area contributed by atoms with Gasteiger partial charge in [0, 0.05) is 24.5 Å². The summed E-state index contributed by atoms with van der Waals surface area (Å²) in [5, 5.41) is 10.3. The van der Waals surface area contributed by atoms with Gasteiger partial charge in [0.15, 0.2) is 0 Å². The Hall–Kier alpha value is -1.61. The molecule has 0 aliphatic carbocycles. The van der Waals surface area contributed by atoms with E-state index in [1.165, 1.54) is 11.1 Å². The molecule has 2 aromatic rings. The Balaban J connectivity index is 1.95. The van der Waals surface area contributed by atoms with E-state index in [0.717, 1.165) is 12.2 Å². The standard InChI is InChI=1S/C13H17N3/c1-10-4-3-5-12(8-10)11(2)14-9-13-6-7-15-16-13/h3-8,11,14H,9H2,1-2H3,(H,15,16). The fourth-order valence-corrected chi connectivity index (χ4v) is 1.70. The van der Waals surface area contributed by atoms with Crippen molar-refractivity contribution in [1.29, 1.82) is 0 Å². The summed E-state index contributed by atoms with van der Waals surface area (Å²) in [5.74, 6) is 0. The molecule has 1 unspecified atom stereocenters. The Labute approximate surface area is 95.9 Å². The number of benzene rings is 1. The first kappa shape index (κ1) is 10.9. The van der Waals surface area contributed by atoms with Crippen LogP contribution in [0.5, 0.6) is 0 Å². The van der Waals surface area contributed by atoms with E-state index in [1.54, 1.807) is 6.20 Å². The van der Waals surface area contributed by atoms with Gasteiger partial charge in [0.25, 0.3) is 0 Å². The Morgan fingerprint density at radius 3 is 2.94 bits per heavy atom. The molecule has 0 saturated carbocycles. The summed E-state index contributed by atoms with van der Waals surface area (Å²) < 4.78 is 0. The van der Waals surface area contributed by atoms with Gasteiger partial charge in [-0.1, -0.05) is 29.8 Å². The number of aryl methyl sites for hydroxylation is 1. The van der Waals surface area contributed by atoms with Gasteiger partial charge in [-0.15, -0.1) is 0 Å². The predicted octanol–water partition coefficient (Wildman–Crippen LogP) is 2.57. The van der Waals surface area contributed by atoms with Crippen LogP contribution in [0.2, 0.25) is 0 Å². The molecule has 0 fully saturated rings. The van der Waals surface area contributed by atoms with Crippen molar-refractivity contribution in [3.05, 3.63) is 53.3 Å². The highest BCUT2D eigenvalue weighted by Gasteiger charge is 2.04. The molecule has 84 valence electrons. The van der Waals surface area contributed by atoms with Crippen LogP contribution in [0.4, 0.5) is 0 Å². The van der Waals surface area contributed by atoms with E-state index in [4.69, 9.17) is 0 Å². The SMILES string of the molecule is Cc1cccc(C(C)NCc2ccn[nH]2)c1. The maximum absolute atomic E-state index is 3.92. The van der Waals surface area contributed by atoms with Crippen molar-refractivity contribution in [2.45, 2.75) is 26.4 Å². The number of aromatic amines is 1. The molecule has 1 heterocycles. The average Bonchev–Trinajstić information content (AvgIpc) is 2.78. The zero-order valence-electron chi connectivity index (χ0n) is 9.70. The molecule has 0 saturated heterocycles. The van der Waals surface area contributed by atoms with Gasteiger partial charge >= 0.3 is 0 Å². The fraction of sp³-hybridized carbons (Fsp3) is 0.308. The van der Waals surface area contributed by atoms with Gasteiger partial charge in [-0.3, -0.25) is 5.10 Å². The van der Waals surface area contributed by atoms with Crippen LogP contribution in [0, 0.1) is 6.92 Å². The number of nitrogens with zero attached hydrogens (tertiary/aromatic N) is 1. The predicted molar refractivity (Wildman–Crippen MR) is 65.0 cm³/mol. The Kier molecular flexibility index (Phi) is 3.37. The molecular formula is C13H17N3. The molecule has 0 bridgehead atoms. The van der Waals surface area contributed by atoms with E-state index in [1.807, 2.05) is 6.07 Å². The Bertz CT molecular complexity index is 434. The second kappa shape index (κ2) is 4.94. The largest absolute Gasteiger partial charge is 0.305 e. The molecule has 0 radical (unpaired) electrons. The summed E-state index contributed by atoms with van der Waals surface area (Å²) >= 11 is 0. The van der Waals surface area contributed by atoms with Crippen molar-refractivity contribution in [2.75, 3.05) is 0 Å². The van der Waals surface area contributed by atoms with E-state index in [9.17, 15) is 0 Å². The summed E-state index contributed by atoms with van der Waals surface area (Å²) in [7, 11) is 0. The second-order valence-corrected chi connectivity index (χ2v) is 4.10. The first-order valence-electron chi connectivity index (χ1n) is 5.54. The van der Waals surface area contributed by atoms with Gasteiger partial charge in [0.05, 0.1) is 0 Å². The van der Waals surface area contributed by atoms with E-state index < -0.39 is 0 Å². The monoisotopic (exact) mass is 215 g/mol. The number of hydrogen-bond acceptors (Lipinski definition) is 2. The van der Waals surface area contributed by atoms with Crippen LogP contribution >= 0.6 is 0 Å². The Morgan fingerprint density at radius 2 is 2.25 bits per heavy atom. The lowest BCUT2D eigenvalue weighted by Gasteiger charge is -2.14. The maximum atomic E-state index is 3.92. The van der Waals surface area contributed by atoms with Crippen molar-refractivity contribution < 1.29 is 0 Å². The zero-order chi connectivity index (χ0) is 11.4. The van der Waals surface area contributed by atoms with Crippen LogP contribution in [0.15, 0.2) is 36.5 Å². The van der Waals surface area contributed by atoms with Crippen LogP contribution in [-0.4, -0.2) is 10.2 Å². The van der Waals surface area contributed by atoms with Crippen LogP contribution in [0.1, 0.15) is 29.8 Å². The highest BCUT2D eigenvalue weighted by atomic mass is 15.1. The third-order valence-electron chi connectivity index (χ3n) is 2.70. The molecule has 3 heteroatoms. The molecule has 0 aliphatic rings. The number of rotatable bonds is 4. The normalized spacial score (nSPS) is 12.6. The highest BCUT2D eigenvalue weighted by Crippen LogP contribution is 2.13.